The fourth-order valence-corrected chi connectivity index (χ4v) is 3.66. The lowest BCUT2D eigenvalue weighted by molar-refractivity contribution is -0.119. The van der Waals surface area contributed by atoms with Gasteiger partial charge in [0.1, 0.15) is 17.5 Å². The summed E-state index contributed by atoms with van der Waals surface area (Å²) in [5.74, 6) is -4.19. The van der Waals surface area contributed by atoms with Crippen molar-refractivity contribution in [3.63, 3.8) is 0 Å². The van der Waals surface area contributed by atoms with Crippen molar-refractivity contribution in [1.29, 1.82) is 0 Å². The molecule has 3 rings (SSSR count). The summed E-state index contributed by atoms with van der Waals surface area (Å²) in [7, 11) is -4.09. The van der Waals surface area contributed by atoms with Gasteiger partial charge in [0.05, 0.1) is 10.5 Å². The molecule has 32 heavy (non-hydrogen) atoms. The third kappa shape index (κ3) is 6.08. The standard InChI is InChI=1S/C21H15F3N2O5S/c22-14-4-6-17(7-5-14)26-32(29,30)19-3-1-2-13(8-19)21(28)31-12-20(27)25-18-10-15(23)9-16(24)11-18/h1-11,26H,12H2,(H,25,27). The zero-order valence-corrected chi connectivity index (χ0v) is 17.0. The number of hydrogen-bond acceptors (Lipinski definition) is 5. The average Bonchev–Trinajstić information content (AvgIpc) is 2.73. The number of esters is 1. The lowest BCUT2D eigenvalue weighted by atomic mass is 10.2. The van der Waals surface area contributed by atoms with Crippen molar-refractivity contribution in [2.24, 2.45) is 0 Å². The van der Waals surface area contributed by atoms with E-state index >= 15 is 0 Å². The van der Waals surface area contributed by atoms with Crippen LogP contribution in [0.2, 0.25) is 0 Å². The molecule has 166 valence electrons. The van der Waals surface area contributed by atoms with Crippen molar-refractivity contribution in [2.75, 3.05) is 16.6 Å². The molecule has 0 unspecified atom stereocenters. The molecule has 0 fully saturated rings. The first-order chi connectivity index (χ1) is 15.1. The highest BCUT2D eigenvalue weighted by Gasteiger charge is 2.18. The molecule has 0 atom stereocenters. The van der Waals surface area contributed by atoms with Gasteiger partial charge in [0.2, 0.25) is 0 Å². The first kappa shape index (κ1) is 22.8. The van der Waals surface area contributed by atoms with Gasteiger partial charge < -0.3 is 10.1 Å². The summed E-state index contributed by atoms with van der Waals surface area (Å²) in [4.78, 5) is 23.8. The monoisotopic (exact) mass is 464 g/mol. The summed E-state index contributed by atoms with van der Waals surface area (Å²) < 4.78 is 71.4. The average molecular weight is 464 g/mol. The molecule has 0 bridgehead atoms. The Bertz CT molecular complexity index is 1240. The molecule has 0 aliphatic heterocycles. The predicted octanol–water partition coefficient (Wildman–Crippen LogP) is 3.70. The van der Waals surface area contributed by atoms with Gasteiger partial charge in [-0.2, -0.15) is 0 Å². The molecule has 0 spiro atoms. The maximum absolute atomic E-state index is 13.2. The second kappa shape index (κ2) is 9.52. The van der Waals surface area contributed by atoms with E-state index in [-0.39, 0.29) is 21.8 Å². The number of carbonyl (C=O) groups excluding carboxylic acids is 2. The van der Waals surface area contributed by atoms with Crippen LogP contribution in [0.4, 0.5) is 24.5 Å². The molecular weight excluding hydrogens is 449 g/mol. The van der Waals surface area contributed by atoms with Crippen LogP contribution < -0.4 is 10.0 Å². The van der Waals surface area contributed by atoms with Crippen molar-refractivity contribution in [3.05, 3.63) is 89.7 Å². The van der Waals surface area contributed by atoms with E-state index in [0.29, 0.717) is 6.07 Å². The van der Waals surface area contributed by atoms with Crippen molar-refractivity contribution >= 4 is 33.3 Å². The number of rotatable bonds is 7. The lowest BCUT2D eigenvalue weighted by Gasteiger charge is -2.10. The van der Waals surface area contributed by atoms with Gasteiger partial charge in [0, 0.05) is 17.4 Å². The number of benzene rings is 3. The molecule has 1 amide bonds. The van der Waals surface area contributed by atoms with Crippen molar-refractivity contribution in [1.82, 2.24) is 0 Å². The number of amides is 1. The Labute approximate surface area is 180 Å². The quantitative estimate of drug-likeness (QED) is 0.520. The molecule has 2 N–H and O–H groups in total. The molecule has 0 aliphatic carbocycles. The van der Waals surface area contributed by atoms with Gasteiger partial charge in [-0.3, -0.25) is 9.52 Å². The molecule has 0 aliphatic rings. The maximum atomic E-state index is 13.2. The van der Waals surface area contributed by atoms with Crippen LogP contribution in [0.1, 0.15) is 10.4 Å². The minimum absolute atomic E-state index is 0.116. The van der Waals surface area contributed by atoms with Crippen molar-refractivity contribution < 1.29 is 35.9 Å². The van der Waals surface area contributed by atoms with Crippen LogP contribution in [0.5, 0.6) is 0 Å². The Morgan fingerprint density at radius 3 is 2.12 bits per heavy atom. The van der Waals surface area contributed by atoms with E-state index in [9.17, 15) is 31.2 Å². The molecule has 0 radical (unpaired) electrons. The van der Waals surface area contributed by atoms with Crippen LogP contribution in [-0.2, 0) is 19.6 Å². The normalized spacial score (nSPS) is 11.0. The molecule has 0 saturated carbocycles. The summed E-state index contributed by atoms with van der Waals surface area (Å²) in [6.45, 7) is -0.776. The van der Waals surface area contributed by atoms with E-state index in [2.05, 4.69) is 10.0 Å². The zero-order chi connectivity index (χ0) is 23.3. The summed E-state index contributed by atoms with van der Waals surface area (Å²) in [5, 5.41) is 2.17. The molecule has 0 heterocycles. The van der Waals surface area contributed by atoms with Gasteiger partial charge >= 0.3 is 5.97 Å². The van der Waals surface area contributed by atoms with Gasteiger partial charge in [-0.15, -0.1) is 0 Å². The van der Waals surface area contributed by atoms with Gasteiger partial charge in [-0.05, 0) is 54.6 Å². The number of ether oxygens (including phenoxy) is 1. The van der Waals surface area contributed by atoms with Crippen LogP contribution >= 0.6 is 0 Å². The topological polar surface area (TPSA) is 102 Å². The summed E-state index contributed by atoms with van der Waals surface area (Å²) in [5.41, 5.74) is -0.204. The van der Waals surface area contributed by atoms with Gasteiger partial charge in [0.15, 0.2) is 6.61 Å². The largest absolute Gasteiger partial charge is 0.452 e. The summed E-state index contributed by atoms with van der Waals surface area (Å²) in [6.07, 6.45) is 0. The second-order valence-corrected chi connectivity index (χ2v) is 8.11. The number of sulfonamides is 1. The molecule has 11 heteroatoms. The molecule has 3 aromatic carbocycles. The van der Waals surface area contributed by atoms with E-state index in [1.54, 1.807) is 0 Å². The first-order valence-corrected chi connectivity index (χ1v) is 10.4. The SMILES string of the molecule is O=C(COC(=O)c1cccc(S(=O)(=O)Nc2ccc(F)cc2)c1)Nc1cc(F)cc(F)c1. The van der Waals surface area contributed by atoms with E-state index in [0.717, 1.165) is 30.3 Å². The van der Waals surface area contributed by atoms with Gasteiger partial charge in [0.25, 0.3) is 15.9 Å². The van der Waals surface area contributed by atoms with Crippen LogP contribution in [0.15, 0.2) is 71.6 Å². The van der Waals surface area contributed by atoms with Gasteiger partial charge in [-0.25, -0.2) is 26.4 Å². The third-order valence-corrected chi connectivity index (χ3v) is 5.34. The van der Waals surface area contributed by atoms with E-state index in [1.165, 1.54) is 30.3 Å². The molecule has 0 aromatic heterocycles. The maximum Gasteiger partial charge on any atom is 0.338 e. The Morgan fingerprint density at radius 1 is 0.812 bits per heavy atom. The zero-order valence-electron chi connectivity index (χ0n) is 16.1. The van der Waals surface area contributed by atoms with Crippen LogP contribution in [0.3, 0.4) is 0 Å². The number of hydrogen-bond donors (Lipinski definition) is 2. The van der Waals surface area contributed by atoms with Crippen LogP contribution in [0, 0.1) is 17.5 Å². The fraction of sp³-hybridized carbons (Fsp3) is 0.0476. The molecular formula is C21H15F3N2O5S. The van der Waals surface area contributed by atoms with Crippen molar-refractivity contribution in [3.8, 4) is 0 Å². The Morgan fingerprint density at radius 2 is 1.47 bits per heavy atom. The van der Waals surface area contributed by atoms with E-state index in [4.69, 9.17) is 4.74 Å². The minimum Gasteiger partial charge on any atom is -0.452 e. The Hall–Kier alpha value is -3.86. The highest BCUT2D eigenvalue weighted by Crippen LogP contribution is 2.18. The lowest BCUT2D eigenvalue weighted by Crippen LogP contribution is -2.21. The molecule has 3 aromatic rings. The summed E-state index contributed by atoms with van der Waals surface area (Å²) in [6, 6.07) is 11.8. The number of halogens is 3. The Balaban J connectivity index is 1.64. The molecule has 7 nitrogen and oxygen atoms in total. The second-order valence-electron chi connectivity index (χ2n) is 6.42. The van der Waals surface area contributed by atoms with Gasteiger partial charge in [-0.1, -0.05) is 6.07 Å². The highest BCUT2D eigenvalue weighted by atomic mass is 32.2. The number of anilines is 2. The summed E-state index contributed by atoms with van der Waals surface area (Å²) >= 11 is 0. The number of carbonyl (C=O) groups is 2. The first-order valence-electron chi connectivity index (χ1n) is 8.94. The predicted molar refractivity (Wildman–Crippen MR) is 109 cm³/mol. The van der Waals surface area contributed by atoms with Crippen molar-refractivity contribution in [2.45, 2.75) is 4.90 Å². The number of nitrogens with one attached hydrogen (secondary N) is 2. The fourth-order valence-electron chi connectivity index (χ4n) is 2.56. The van der Waals surface area contributed by atoms with E-state index < -0.39 is 46.0 Å². The van der Waals surface area contributed by atoms with Crippen LogP contribution in [0.25, 0.3) is 0 Å². The Kier molecular flexibility index (Phi) is 6.79. The van der Waals surface area contributed by atoms with E-state index in [1.807, 2.05) is 0 Å². The smallest absolute Gasteiger partial charge is 0.338 e. The minimum atomic E-state index is -4.09. The van der Waals surface area contributed by atoms with Crippen LogP contribution in [-0.4, -0.2) is 26.9 Å². The highest BCUT2D eigenvalue weighted by molar-refractivity contribution is 7.92. The third-order valence-electron chi connectivity index (χ3n) is 3.96. The molecule has 0 saturated heterocycles.